The van der Waals surface area contributed by atoms with E-state index in [2.05, 4.69) is 0 Å². The summed E-state index contributed by atoms with van der Waals surface area (Å²) in [5, 5.41) is 0.872. The molecule has 0 aliphatic rings. The van der Waals surface area contributed by atoms with Crippen LogP contribution in [-0.4, -0.2) is 204 Å². The fourth-order valence-corrected chi connectivity index (χ4v) is 10.4. The van der Waals surface area contributed by atoms with Crippen molar-refractivity contribution < 1.29 is 4.42 Å². The monoisotopic (exact) mass is 830 g/mol. The number of hydrogen-bond donors (Lipinski definition) is 0. The highest BCUT2D eigenvalue weighted by Gasteiger charge is 2.31. The molecule has 1 heterocycles. The summed E-state index contributed by atoms with van der Waals surface area (Å²) in [4.78, 5) is 0. The average molecular weight is 826 g/mol. The Kier molecular flexibility index (Phi) is 11.8. The molecule has 0 aliphatic carbocycles. The van der Waals surface area contributed by atoms with Gasteiger partial charge in [-0.05, 0) is 81.6 Å². The molecule has 10 rings (SSSR count). The van der Waals surface area contributed by atoms with E-state index < -0.39 is 0 Å². The molecule has 52 radical (unpaired) electrons. The fraction of sp³-hybridized carbons (Fsp3) is 0. The number of rotatable bonds is 2. The zero-order valence-corrected chi connectivity index (χ0v) is 37.4. The quantitative estimate of drug-likeness (QED) is 0.0961. The molecule has 71 heavy (non-hydrogen) atoms. The highest BCUT2D eigenvalue weighted by molar-refractivity contribution is 6.78. The molecule has 0 atom stereocenters. The Bertz CT molecular complexity index is 4210. The van der Waals surface area contributed by atoms with Gasteiger partial charge in [-0.15, -0.1) is 49.2 Å². The van der Waals surface area contributed by atoms with Crippen molar-refractivity contribution in [1.29, 1.82) is 0 Å². The van der Waals surface area contributed by atoms with E-state index in [4.69, 9.17) is 208 Å². The minimum absolute atomic E-state index is 0.00102. The normalized spacial score (nSPS) is 12.0. The molecule has 1 aromatic heterocycles. The summed E-state index contributed by atoms with van der Waals surface area (Å²) in [6.07, 6.45) is 0. The third-order valence-electron chi connectivity index (χ3n) is 14.1. The van der Waals surface area contributed by atoms with E-state index in [0.29, 0.717) is 0 Å². The lowest BCUT2D eigenvalue weighted by Gasteiger charge is -2.32. The van der Waals surface area contributed by atoms with Crippen molar-refractivity contribution in [1.82, 2.24) is 0 Å². The first-order valence-corrected chi connectivity index (χ1v) is 20.9. The highest BCUT2D eigenvalue weighted by Crippen LogP contribution is 2.42. The molecule has 260 valence electrons. The van der Waals surface area contributed by atoms with Crippen LogP contribution in [0.15, 0.2) is 4.42 Å². The van der Waals surface area contributed by atoms with E-state index in [9.17, 15) is 0 Å². The van der Waals surface area contributed by atoms with E-state index in [-0.39, 0.29) is 240 Å². The van der Waals surface area contributed by atoms with Gasteiger partial charge in [-0.25, -0.2) is 0 Å². The second-order valence-corrected chi connectivity index (χ2v) is 17.5. The largest absolute Gasteiger partial charge is 0.457 e. The molecule has 0 bridgehead atoms. The maximum atomic E-state index is 7.36. The van der Waals surface area contributed by atoms with Crippen LogP contribution in [0.25, 0.3) is 98.1 Å². The van der Waals surface area contributed by atoms with Crippen molar-refractivity contribution >= 4 is 422 Å². The summed E-state index contributed by atoms with van der Waals surface area (Å²) in [6, 6.07) is 0. The van der Waals surface area contributed by atoms with Gasteiger partial charge in [0.1, 0.15) is 215 Å². The molecular formula is C44B26O. The molecule has 0 spiro atoms. The second-order valence-electron chi connectivity index (χ2n) is 17.5. The van der Waals surface area contributed by atoms with Gasteiger partial charge in [-0.1, -0.05) is 87.4 Å². The number of furan rings is 1. The summed E-state index contributed by atoms with van der Waals surface area (Å²) >= 11 is 0. The van der Waals surface area contributed by atoms with Crippen molar-refractivity contribution in [3.8, 4) is 22.3 Å². The Morgan fingerprint density at radius 2 is 0.352 bits per heavy atom. The Morgan fingerprint density at radius 1 is 0.127 bits per heavy atom. The van der Waals surface area contributed by atoms with E-state index in [1.54, 1.807) is 0 Å². The molecule has 0 amide bonds. The van der Waals surface area contributed by atoms with Gasteiger partial charge in [0, 0.05) is 10.8 Å². The second kappa shape index (κ2) is 16.6. The van der Waals surface area contributed by atoms with Gasteiger partial charge in [0.15, 0.2) is 0 Å². The average Bonchev–Trinajstić information content (AvgIpc) is 3.76. The van der Waals surface area contributed by atoms with E-state index in [1.807, 2.05) is 0 Å². The SMILES string of the molecule is [B]c1c(-c2c3c([B])c([B])c([B])c([B])c3c(-c3c([B])c([B])c([B])c4c3c([B])c([B])c3c([B])c([B])c([B])c([B])c34)c3c([B])c([B])c([B])c([B])c23)c([B])c2c(oc3c([B])c4c([B])c([B])c([B])c([B])c4c([B])c32)c1[B]. The van der Waals surface area contributed by atoms with Crippen molar-refractivity contribution in [2.75, 3.05) is 0 Å². The lowest BCUT2D eigenvalue weighted by molar-refractivity contribution is 0.675. The lowest BCUT2D eigenvalue weighted by atomic mass is 9.56. The molecule has 0 aliphatic heterocycles. The van der Waals surface area contributed by atoms with Crippen LogP contribution in [0.2, 0.25) is 0 Å². The highest BCUT2D eigenvalue weighted by atomic mass is 16.3. The van der Waals surface area contributed by atoms with Gasteiger partial charge >= 0.3 is 0 Å². The summed E-state index contributed by atoms with van der Waals surface area (Å²) < 4.78 is 6.37. The van der Waals surface area contributed by atoms with Crippen LogP contribution in [-0.2, 0) is 0 Å². The van der Waals surface area contributed by atoms with Crippen LogP contribution >= 0.6 is 0 Å². The van der Waals surface area contributed by atoms with Crippen molar-refractivity contribution in [2.24, 2.45) is 0 Å². The van der Waals surface area contributed by atoms with Crippen molar-refractivity contribution in [3.05, 3.63) is 0 Å². The molecular weight excluding hydrogens is 826 g/mol. The summed E-state index contributed by atoms with van der Waals surface area (Å²) in [5.74, 6) is 0. The summed E-state index contributed by atoms with van der Waals surface area (Å²) in [5.41, 5.74) is -3.33. The zero-order valence-electron chi connectivity index (χ0n) is 37.4. The smallest absolute Gasteiger partial charge is 0.128 e. The molecule has 9 aromatic carbocycles. The Morgan fingerprint density at radius 3 is 0.761 bits per heavy atom. The third-order valence-corrected chi connectivity index (χ3v) is 14.1. The minimum atomic E-state index is -0.199. The Labute approximate surface area is 445 Å². The van der Waals surface area contributed by atoms with Crippen molar-refractivity contribution in [3.63, 3.8) is 0 Å². The van der Waals surface area contributed by atoms with Crippen LogP contribution in [0.4, 0.5) is 0 Å². The number of hydrogen-bond acceptors (Lipinski definition) is 1. The Balaban J connectivity index is 1.54. The predicted molar refractivity (Wildman–Crippen MR) is 332 cm³/mol. The first-order valence-electron chi connectivity index (χ1n) is 20.9. The lowest BCUT2D eigenvalue weighted by Crippen LogP contribution is -2.52. The van der Waals surface area contributed by atoms with E-state index >= 15 is 0 Å². The van der Waals surface area contributed by atoms with Gasteiger partial charge in [0.2, 0.25) is 0 Å². The molecule has 0 saturated carbocycles. The number of fused-ring (bicyclic) bond motifs is 9. The molecule has 27 heteroatoms. The van der Waals surface area contributed by atoms with Crippen LogP contribution in [0.5, 0.6) is 0 Å². The maximum Gasteiger partial charge on any atom is 0.128 e. The molecule has 0 unspecified atom stereocenters. The standard InChI is InChI=1S/C44B26O/c45-17-11(31(59)42(70)44-16(17)15-18(46)13-14(32(60)43(15)71-44)30(58)41(69)40(68)29(13)57)2-6-3(21(49)34(62)36(64)23(6)51)1(4-7(2)24(52)37(65)35(63)22(4)50)5-8-9(25(53)33(61)20(5)48)10-12(27(55)19(8)47)28(56)39(67)38(66)26(10)54. The minimum Gasteiger partial charge on any atom is -0.457 e. The molecule has 0 saturated heterocycles. The van der Waals surface area contributed by atoms with Crippen LogP contribution in [0, 0.1) is 0 Å². The first-order chi connectivity index (χ1) is 33.2. The van der Waals surface area contributed by atoms with Crippen molar-refractivity contribution in [2.45, 2.75) is 0 Å². The molecule has 1 nitrogen and oxygen atoms in total. The van der Waals surface area contributed by atoms with Gasteiger partial charge in [0.25, 0.3) is 0 Å². The molecule has 0 fully saturated rings. The maximum absolute atomic E-state index is 7.36. The van der Waals surface area contributed by atoms with Gasteiger partial charge in [0.05, 0.1) is 0 Å². The third kappa shape index (κ3) is 6.20. The summed E-state index contributed by atoms with van der Waals surface area (Å²) in [6.45, 7) is 0. The first kappa shape index (κ1) is 50.3. The van der Waals surface area contributed by atoms with Gasteiger partial charge in [-0.3, -0.25) is 0 Å². The molecule has 0 N–H and O–H groups in total. The predicted octanol–water partition coefficient (Wildman–Crippen LogP) is -18.7. The van der Waals surface area contributed by atoms with E-state index in [1.165, 1.54) is 0 Å². The summed E-state index contributed by atoms with van der Waals surface area (Å²) in [7, 11) is 177. The van der Waals surface area contributed by atoms with Crippen LogP contribution in [0.3, 0.4) is 0 Å². The van der Waals surface area contributed by atoms with E-state index in [0.717, 1.165) is 0 Å². The fourth-order valence-electron chi connectivity index (χ4n) is 10.4. The Hall–Kier alpha value is -4.23. The molecule has 10 aromatic rings. The topological polar surface area (TPSA) is 13.1 Å². The van der Waals surface area contributed by atoms with Gasteiger partial charge < -0.3 is 4.42 Å². The van der Waals surface area contributed by atoms with Gasteiger partial charge in [-0.2, -0.15) is 0 Å². The zero-order chi connectivity index (χ0) is 52.1. The van der Waals surface area contributed by atoms with Crippen LogP contribution in [0.1, 0.15) is 0 Å². The number of benzene rings is 9. The van der Waals surface area contributed by atoms with Crippen LogP contribution < -0.4 is 142 Å².